The van der Waals surface area contributed by atoms with Gasteiger partial charge in [0.15, 0.2) is 0 Å². The van der Waals surface area contributed by atoms with Crippen LogP contribution in [0.4, 0.5) is 0 Å². The number of fused-ring (bicyclic) bond motifs is 2. The predicted octanol–water partition coefficient (Wildman–Crippen LogP) is 2.61. The topological polar surface area (TPSA) is 68.4 Å². The van der Waals surface area contributed by atoms with Gasteiger partial charge in [-0.05, 0) is 43.7 Å². The second kappa shape index (κ2) is 5.73. The molecule has 3 atom stereocenters. The number of hydrogen-bond acceptors (Lipinski definition) is 4. The molecule has 1 saturated carbocycles. The lowest BCUT2D eigenvalue weighted by Gasteiger charge is -2.53. The largest absolute Gasteiger partial charge is 0.458 e. The number of rotatable bonds is 2. The normalized spacial score (nSPS) is 30.7. The van der Waals surface area contributed by atoms with Gasteiger partial charge in [0, 0.05) is 23.6 Å². The molecule has 4 rings (SSSR count). The number of carbonyl (C=O) groups is 1. The Morgan fingerprint density at radius 1 is 1.29 bits per heavy atom. The summed E-state index contributed by atoms with van der Waals surface area (Å²) in [7, 11) is 0. The highest BCUT2D eigenvalue weighted by Crippen LogP contribution is 2.53. The second-order valence-corrected chi connectivity index (χ2v) is 7.97. The Bertz CT molecular complexity index is 721. The highest BCUT2D eigenvalue weighted by atomic mass is 16.6. The highest BCUT2D eigenvalue weighted by molar-refractivity contribution is 5.89. The minimum Gasteiger partial charge on any atom is -0.458 e. The molecule has 0 bridgehead atoms. The average molecular weight is 331 g/mol. The van der Waals surface area contributed by atoms with Crippen molar-refractivity contribution in [2.45, 2.75) is 64.6 Å². The van der Waals surface area contributed by atoms with E-state index in [-0.39, 0.29) is 34.7 Å². The molecule has 0 aromatic carbocycles. The van der Waals surface area contributed by atoms with E-state index >= 15 is 0 Å². The molecule has 2 fully saturated rings. The van der Waals surface area contributed by atoms with Gasteiger partial charge in [0.1, 0.15) is 11.7 Å². The molecule has 5 heteroatoms. The van der Waals surface area contributed by atoms with Crippen LogP contribution < -0.4 is 5.56 Å². The molecule has 1 aromatic rings. The molecule has 1 saturated heterocycles. The van der Waals surface area contributed by atoms with Gasteiger partial charge >= 0.3 is 5.97 Å². The minimum absolute atomic E-state index is 0.147. The van der Waals surface area contributed by atoms with Crippen molar-refractivity contribution in [2.24, 2.45) is 11.3 Å². The van der Waals surface area contributed by atoms with Crippen LogP contribution >= 0.6 is 0 Å². The van der Waals surface area contributed by atoms with Gasteiger partial charge < -0.3 is 14.5 Å². The van der Waals surface area contributed by atoms with Crippen LogP contribution in [0.1, 0.15) is 61.1 Å². The molecule has 3 aliphatic rings. The number of H-pyrrole nitrogens is 1. The molecule has 24 heavy (non-hydrogen) atoms. The van der Waals surface area contributed by atoms with Crippen molar-refractivity contribution in [3.63, 3.8) is 0 Å². The van der Waals surface area contributed by atoms with E-state index in [9.17, 15) is 9.59 Å². The first-order valence-electron chi connectivity index (χ1n) is 9.06. The van der Waals surface area contributed by atoms with Gasteiger partial charge in [0.05, 0.1) is 6.10 Å². The van der Waals surface area contributed by atoms with Gasteiger partial charge in [-0.15, -0.1) is 0 Å². The van der Waals surface area contributed by atoms with E-state index in [1.54, 1.807) is 6.07 Å². The molecule has 0 radical (unpaired) electrons. The number of aromatic nitrogens is 1. The molecular formula is C19H25NO4. The Hall–Kier alpha value is -1.62. The number of hydrogen-bond donors (Lipinski definition) is 1. The zero-order chi connectivity index (χ0) is 16.9. The van der Waals surface area contributed by atoms with Crippen molar-refractivity contribution >= 4 is 5.97 Å². The third-order valence-corrected chi connectivity index (χ3v) is 6.03. The highest BCUT2D eigenvalue weighted by Gasteiger charge is 2.61. The van der Waals surface area contributed by atoms with E-state index < -0.39 is 5.97 Å². The van der Waals surface area contributed by atoms with Crippen molar-refractivity contribution in [3.05, 3.63) is 33.2 Å². The second-order valence-electron chi connectivity index (χ2n) is 7.97. The van der Waals surface area contributed by atoms with Crippen LogP contribution in [0.25, 0.3) is 0 Å². The molecule has 130 valence electrons. The fourth-order valence-corrected chi connectivity index (χ4v) is 4.70. The standard InChI is InChI=1S/C19H25NO4/c1-19(2)15-12(8-9-23-15)16(19)24-18(22)13-10-11-6-4-3-5-7-14(11)20-17(13)21/h10,12,15-16H,3-9H2,1-2H3,(H,20,21)/t12-,15-,16-/m1/s1. The number of nitrogens with one attached hydrogen (secondary N) is 1. The first-order chi connectivity index (χ1) is 11.5. The molecular weight excluding hydrogens is 306 g/mol. The van der Waals surface area contributed by atoms with Gasteiger partial charge in [0.25, 0.3) is 5.56 Å². The van der Waals surface area contributed by atoms with Crippen LogP contribution in [0.3, 0.4) is 0 Å². The lowest BCUT2D eigenvalue weighted by Crippen LogP contribution is -2.61. The fraction of sp³-hybridized carbons (Fsp3) is 0.684. The number of ether oxygens (including phenoxy) is 2. The van der Waals surface area contributed by atoms with Gasteiger partial charge in [0.2, 0.25) is 0 Å². The number of aryl methyl sites for hydroxylation is 2. The van der Waals surface area contributed by atoms with Crippen LogP contribution in [0, 0.1) is 11.3 Å². The summed E-state index contributed by atoms with van der Waals surface area (Å²) < 4.78 is 11.5. The molecule has 0 spiro atoms. The Balaban J connectivity index is 1.57. The Labute approximate surface area is 141 Å². The molecule has 2 aliphatic carbocycles. The molecule has 5 nitrogen and oxygen atoms in total. The summed E-state index contributed by atoms with van der Waals surface area (Å²) in [5, 5.41) is 0. The molecule has 1 aliphatic heterocycles. The summed E-state index contributed by atoms with van der Waals surface area (Å²) in [4.78, 5) is 27.9. The predicted molar refractivity (Wildman–Crippen MR) is 89.2 cm³/mol. The SMILES string of the molecule is CC1(C)[C@@H]2OCC[C@H]2[C@H]1OC(=O)c1cc2c([nH]c1=O)CCCCC2. The third-order valence-electron chi connectivity index (χ3n) is 6.03. The number of aromatic amines is 1. The molecule has 1 N–H and O–H groups in total. The Morgan fingerprint density at radius 3 is 2.92 bits per heavy atom. The fourth-order valence-electron chi connectivity index (χ4n) is 4.70. The maximum atomic E-state index is 12.6. The summed E-state index contributed by atoms with van der Waals surface area (Å²) >= 11 is 0. The van der Waals surface area contributed by atoms with E-state index in [0.717, 1.165) is 56.4 Å². The smallest absolute Gasteiger partial charge is 0.344 e. The first kappa shape index (κ1) is 15.9. The molecule has 0 unspecified atom stereocenters. The van der Waals surface area contributed by atoms with Gasteiger partial charge in [-0.2, -0.15) is 0 Å². The summed E-state index contributed by atoms with van der Waals surface area (Å²) in [5.74, 6) is -0.226. The van der Waals surface area contributed by atoms with Crippen molar-refractivity contribution in [1.82, 2.24) is 4.98 Å². The number of esters is 1. The summed E-state index contributed by atoms with van der Waals surface area (Å²) in [5.41, 5.74) is 1.72. The van der Waals surface area contributed by atoms with E-state index in [4.69, 9.17) is 9.47 Å². The van der Waals surface area contributed by atoms with E-state index in [1.165, 1.54) is 0 Å². The van der Waals surface area contributed by atoms with Crippen LogP contribution in [0.5, 0.6) is 0 Å². The van der Waals surface area contributed by atoms with E-state index in [0.29, 0.717) is 0 Å². The van der Waals surface area contributed by atoms with E-state index in [1.807, 2.05) is 0 Å². The maximum absolute atomic E-state index is 12.6. The van der Waals surface area contributed by atoms with Gasteiger partial charge in [-0.1, -0.05) is 20.3 Å². The van der Waals surface area contributed by atoms with Gasteiger partial charge in [-0.25, -0.2) is 4.79 Å². The first-order valence-corrected chi connectivity index (χ1v) is 9.06. The molecule has 2 heterocycles. The number of pyridine rings is 1. The number of carbonyl (C=O) groups excluding carboxylic acids is 1. The summed E-state index contributed by atoms with van der Waals surface area (Å²) in [6, 6.07) is 1.76. The zero-order valence-corrected chi connectivity index (χ0v) is 14.4. The van der Waals surface area contributed by atoms with Crippen LogP contribution in [0.15, 0.2) is 10.9 Å². The van der Waals surface area contributed by atoms with Crippen LogP contribution in [-0.4, -0.2) is 29.8 Å². The van der Waals surface area contributed by atoms with Crippen molar-refractivity contribution in [2.75, 3.05) is 6.61 Å². The van der Waals surface area contributed by atoms with Crippen molar-refractivity contribution in [1.29, 1.82) is 0 Å². The average Bonchev–Trinajstić information content (AvgIpc) is 2.89. The van der Waals surface area contributed by atoms with Gasteiger partial charge in [-0.3, -0.25) is 4.79 Å². The quantitative estimate of drug-likeness (QED) is 0.668. The lowest BCUT2D eigenvalue weighted by molar-refractivity contribution is -0.183. The zero-order valence-electron chi connectivity index (χ0n) is 14.4. The Morgan fingerprint density at radius 2 is 2.08 bits per heavy atom. The summed E-state index contributed by atoms with van der Waals surface area (Å²) in [6.07, 6.45) is 6.08. The lowest BCUT2D eigenvalue weighted by atomic mass is 9.59. The summed E-state index contributed by atoms with van der Waals surface area (Å²) in [6.45, 7) is 4.86. The maximum Gasteiger partial charge on any atom is 0.344 e. The van der Waals surface area contributed by atoms with Crippen molar-refractivity contribution < 1.29 is 14.3 Å². The monoisotopic (exact) mass is 331 g/mol. The molecule has 0 amide bonds. The van der Waals surface area contributed by atoms with E-state index in [2.05, 4.69) is 18.8 Å². The van der Waals surface area contributed by atoms with Crippen molar-refractivity contribution in [3.8, 4) is 0 Å². The minimum atomic E-state index is -0.494. The Kier molecular flexibility index (Phi) is 3.79. The van der Waals surface area contributed by atoms with Crippen LogP contribution in [0.2, 0.25) is 0 Å². The van der Waals surface area contributed by atoms with Crippen LogP contribution in [-0.2, 0) is 22.3 Å². The third kappa shape index (κ3) is 2.41. The molecule has 1 aromatic heterocycles.